The normalized spacial score (nSPS) is 19.9. The monoisotopic (exact) mass is 245 g/mol. The molecular weight excluding hydrogens is 218 g/mol. The zero-order valence-corrected chi connectivity index (χ0v) is 11.9. The molecule has 1 aromatic rings. The fourth-order valence-electron chi connectivity index (χ4n) is 3.06. The lowest BCUT2D eigenvalue weighted by atomic mass is 9.88. The lowest BCUT2D eigenvalue weighted by molar-refractivity contribution is 0.293. The number of rotatable bonds is 6. The summed E-state index contributed by atoms with van der Waals surface area (Å²) >= 11 is 0. The van der Waals surface area contributed by atoms with E-state index in [0.29, 0.717) is 11.5 Å². The Balaban J connectivity index is 1.82. The Labute approximate surface area is 112 Å². The van der Waals surface area contributed by atoms with Crippen LogP contribution in [-0.2, 0) is 6.42 Å². The largest absolute Gasteiger partial charge is 0.313 e. The molecule has 1 nitrogen and oxygen atoms in total. The van der Waals surface area contributed by atoms with Gasteiger partial charge in [-0.2, -0.15) is 0 Å². The van der Waals surface area contributed by atoms with Crippen LogP contribution in [0.4, 0.5) is 0 Å². The molecule has 1 saturated carbocycles. The van der Waals surface area contributed by atoms with Gasteiger partial charge in [0.1, 0.15) is 0 Å². The Morgan fingerprint density at radius 2 is 1.83 bits per heavy atom. The van der Waals surface area contributed by atoms with Gasteiger partial charge in [-0.05, 0) is 36.7 Å². The Morgan fingerprint density at radius 3 is 2.44 bits per heavy atom. The molecule has 0 aromatic heterocycles. The van der Waals surface area contributed by atoms with E-state index in [1.54, 1.807) is 0 Å². The molecule has 0 amide bonds. The molecule has 1 fully saturated rings. The van der Waals surface area contributed by atoms with Crippen molar-refractivity contribution in [2.24, 2.45) is 5.41 Å². The van der Waals surface area contributed by atoms with E-state index in [0.717, 1.165) is 6.42 Å². The zero-order chi connectivity index (χ0) is 12.8. The zero-order valence-electron chi connectivity index (χ0n) is 11.9. The molecule has 0 radical (unpaired) electrons. The minimum Gasteiger partial charge on any atom is -0.313 e. The predicted molar refractivity (Wildman–Crippen MR) is 78.8 cm³/mol. The van der Waals surface area contributed by atoms with Crippen LogP contribution in [0.2, 0.25) is 0 Å². The molecular formula is C17H27N. The van der Waals surface area contributed by atoms with Gasteiger partial charge < -0.3 is 5.32 Å². The van der Waals surface area contributed by atoms with Crippen LogP contribution in [0.1, 0.15) is 51.5 Å². The summed E-state index contributed by atoms with van der Waals surface area (Å²) in [7, 11) is 0. The standard InChI is InChI=1S/C17H27N/c1-3-16(13-15-9-5-4-6-10-15)18-14-17(2)11-7-8-12-17/h4-6,9-10,16,18H,3,7-8,11-14H2,1-2H3. The molecule has 1 aliphatic carbocycles. The Kier molecular flexibility index (Phi) is 4.82. The molecule has 1 aliphatic rings. The van der Waals surface area contributed by atoms with Crippen molar-refractivity contribution in [2.45, 2.75) is 58.4 Å². The van der Waals surface area contributed by atoms with Gasteiger partial charge >= 0.3 is 0 Å². The van der Waals surface area contributed by atoms with Gasteiger partial charge in [0.2, 0.25) is 0 Å². The van der Waals surface area contributed by atoms with Gasteiger partial charge in [0, 0.05) is 12.6 Å². The van der Waals surface area contributed by atoms with E-state index in [9.17, 15) is 0 Å². The first-order valence-electron chi connectivity index (χ1n) is 7.49. The first-order chi connectivity index (χ1) is 8.72. The van der Waals surface area contributed by atoms with Gasteiger partial charge in [-0.1, -0.05) is 57.0 Å². The molecule has 18 heavy (non-hydrogen) atoms. The van der Waals surface area contributed by atoms with Gasteiger partial charge in [0.25, 0.3) is 0 Å². The van der Waals surface area contributed by atoms with Crippen LogP contribution in [0.15, 0.2) is 30.3 Å². The molecule has 1 atom stereocenters. The van der Waals surface area contributed by atoms with Crippen LogP contribution in [0.5, 0.6) is 0 Å². The second-order valence-electron chi connectivity index (χ2n) is 6.19. The van der Waals surface area contributed by atoms with E-state index in [1.807, 2.05) is 0 Å². The molecule has 0 heterocycles. The van der Waals surface area contributed by atoms with Gasteiger partial charge in [-0.15, -0.1) is 0 Å². The maximum Gasteiger partial charge on any atom is 0.0105 e. The van der Waals surface area contributed by atoms with Crippen molar-refractivity contribution in [3.8, 4) is 0 Å². The second-order valence-corrected chi connectivity index (χ2v) is 6.19. The Hall–Kier alpha value is -0.820. The van der Waals surface area contributed by atoms with E-state index in [2.05, 4.69) is 49.5 Å². The molecule has 1 heteroatoms. The molecule has 100 valence electrons. The highest BCUT2D eigenvalue weighted by molar-refractivity contribution is 5.15. The van der Waals surface area contributed by atoms with Gasteiger partial charge in [0.05, 0.1) is 0 Å². The molecule has 0 saturated heterocycles. The average molecular weight is 245 g/mol. The van der Waals surface area contributed by atoms with Crippen LogP contribution < -0.4 is 5.32 Å². The van der Waals surface area contributed by atoms with Crippen LogP contribution >= 0.6 is 0 Å². The molecule has 1 unspecified atom stereocenters. The first kappa shape index (κ1) is 13.6. The number of benzene rings is 1. The minimum atomic E-state index is 0.560. The Bertz CT molecular complexity index is 338. The summed E-state index contributed by atoms with van der Waals surface area (Å²) in [5.74, 6) is 0. The summed E-state index contributed by atoms with van der Waals surface area (Å²) in [6.07, 6.45) is 8.03. The van der Waals surface area contributed by atoms with Crippen LogP contribution in [0, 0.1) is 5.41 Å². The lowest BCUT2D eigenvalue weighted by Gasteiger charge is -2.27. The summed E-state index contributed by atoms with van der Waals surface area (Å²) in [5, 5.41) is 3.80. The van der Waals surface area contributed by atoms with E-state index in [1.165, 1.54) is 44.2 Å². The molecule has 2 rings (SSSR count). The van der Waals surface area contributed by atoms with Crippen molar-refractivity contribution in [1.29, 1.82) is 0 Å². The lowest BCUT2D eigenvalue weighted by Crippen LogP contribution is -2.38. The summed E-state index contributed by atoms with van der Waals surface area (Å²) in [6.45, 7) is 5.93. The van der Waals surface area contributed by atoms with E-state index >= 15 is 0 Å². The predicted octanol–water partition coefficient (Wildman–Crippen LogP) is 4.18. The summed E-state index contributed by atoms with van der Waals surface area (Å²) in [5.41, 5.74) is 2.01. The molecule has 0 bridgehead atoms. The van der Waals surface area contributed by atoms with Crippen LogP contribution in [-0.4, -0.2) is 12.6 Å². The van der Waals surface area contributed by atoms with Crippen molar-refractivity contribution in [3.63, 3.8) is 0 Å². The van der Waals surface area contributed by atoms with Crippen molar-refractivity contribution in [1.82, 2.24) is 5.32 Å². The fraction of sp³-hybridized carbons (Fsp3) is 0.647. The van der Waals surface area contributed by atoms with Gasteiger partial charge in [-0.3, -0.25) is 0 Å². The maximum absolute atomic E-state index is 3.80. The number of nitrogens with one attached hydrogen (secondary N) is 1. The van der Waals surface area contributed by atoms with Crippen molar-refractivity contribution in [2.75, 3.05) is 6.54 Å². The summed E-state index contributed by atoms with van der Waals surface area (Å²) in [6, 6.07) is 11.5. The molecule has 0 spiro atoms. The highest BCUT2D eigenvalue weighted by Gasteiger charge is 2.28. The Morgan fingerprint density at radius 1 is 1.17 bits per heavy atom. The smallest absolute Gasteiger partial charge is 0.0105 e. The third kappa shape index (κ3) is 3.84. The van der Waals surface area contributed by atoms with Crippen molar-refractivity contribution < 1.29 is 0 Å². The quantitative estimate of drug-likeness (QED) is 0.793. The van der Waals surface area contributed by atoms with Crippen molar-refractivity contribution in [3.05, 3.63) is 35.9 Å². The van der Waals surface area contributed by atoms with E-state index in [4.69, 9.17) is 0 Å². The molecule has 1 aromatic carbocycles. The van der Waals surface area contributed by atoms with E-state index in [-0.39, 0.29) is 0 Å². The average Bonchev–Trinajstić information content (AvgIpc) is 2.83. The second kappa shape index (κ2) is 6.38. The van der Waals surface area contributed by atoms with Gasteiger partial charge in [0.15, 0.2) is 0 Å². The minimum absolute atomic E-state index is 0.560. The fourth-order valence-corrected chi connectivity index (χ4v) is 3.06. The van der Waals surface area contributed by atoms with Crippen LogP contribution in [0.25, 0.3) is 0 Å². The van der Waals surface area contributed by atoms with Crippen molar-refractivity contribution >= 4 is 0 Å². The van der Waals surface area contributed by atoms with E-state index < -0.39 is 0 Å². The third-order valence-electron chi connectivity index (χ3n) is 4.45. The van der Waals surface area contributed by atoms with Gasteiger partial charge in [-0.25, -0.2) is 0 Å². The third-order valence-corrected chi connectivity index (χ3v) is 4.45. The summed E-state index contributed by atoms with van der Waals surface area (Å²) in [4.78, 5) is 0. The highest BCUT2D eigenvalue weighted by Crippen LogP contribution is 2.36. The molecule has 0 aliphatic heterocycles. The maximum atomic E-state index is 3.80. The number of hydrogen-bond donors (Lipinski definition) is 1. The highest BCUT2D eigenvalue weighted by atomic mass is 14.9. The topological polar surface area (TPSA) is 12.0 Å². The molecule has 1 N–H and O–H groups in total. The first-order valence-corrected chi connectivity index (χ1v) is 7.49. The SMILES string of the molecule is CCC(Cc1ccccc1)NCC1(C)CCCC1. The number of hydrogen-bond acceptors (Lipinski definition) is 1. The van der Waals surface area contributed by atoms with Crippen LogP contribution in [0.3, 0.4) is 0 Å². The summed E-state index contributed by atoms with van der Waals surface area (Å²) < 4.78 is 0.